The molecule has 0 aromatic carbocycles. The van der Waals surface area contributed by atoms with Crippen LogP contribution in [-0.4, -0.2) is 64.6 Å². The van der Waals surface area contributed by atoms with Gasteiger partial charge in [0.1, 0.15) is 6.23 Å². The minimum Gasteiger partial charge on any atom is -0.480 e. The van der Waals surface area contributed by atoms with E-state index >= 15 is 0 Å². The quantitative estimate of drug-likeness (QED) is 0.201. The summed E-state index contributed by atoms with van der Waals surface area (Å²) in [5.74, 6) is -1.17. The first-order valence-corrected chi connectivity index (χ1v) is 8.63. The number of nitrogens with zero attached hydrogens (tertiary/aromatic N) is 1. The number of carboxylic acids is 1. The number of carbonyl (C=O) groups is 2. The molecule has 0 saturated carbocycles. The fourth-order valence-electron chi connectivity index (χ4n) is 2.29. The molecule has 0 spiro atoms. The number of unbranched alkanes of at least 4 members (excludes halogenated alkanes) is 5. The van der Waals surface area contributed by atoms with E-state index in [1.165, 1.54) is 17.7 Å². The molecule has 7 nitrogen and oxygen atoms in total. The number of aliphatic carboxylic acids is 1. The second kappa shape index (κ2) is 15.1. The molecule has 140 valence electrons. The fraction of sp³-hybridized carbons (Fsp3) is 0.765. The highest BCUT2D eigenvalue weighted by atomic mass is 16.4. The number of carbonyl (C=O) groups excluding carboxylic acids is 1. The van der Waals surface area contributed by atoms with Gasteiger partial charge >= 0.3 is 5.97 Å². The van der Waals surface area contributed by atoms with Crippen LogP contribution in [0.4, 0.5) is 0 Å². The van der Waals surface area contributed by atoms with Gasteiger partial charge < -0.3 is 20.6 Å². The van der Waals surface area contributed by atoms with Gasteiger partial charge in [0.2, 0.25) is 5.91 Å². The molecule has 24 heavy (non-hydrogen) atoms. The van der Waals surface area contributed by atoms with Crippen LogP contribution in [0.2, 0.25) is 0 Å². The third-order valence-electron chi connectivity index (χ3n) is 3.65. The Morgan fingerprint density at radius 2 is 1.83 bits per heavy atom. The van der Waals surface area contributed by atoms with Gasteiger partial charge in [-0.15, -0.1) is 0 Å². The van der Waals surface area contributed by atoms with Gasteiger partial charge in [0.25, 0.3) is 0 Å². The van der Waals surface area contributed by atoms with Gasteiger partial charge in [-0.2, -0.15) is 0 Å². The first-order chi connectivity index (χ1) is 11.5. The summed E-state index contributed by atoms with van der Waals surface area (Å²) in [7, 11) is 0. The minimum absolute atomic E-state index is 0.0716. The summed E-state index contributed by atoms with van der Waals surface area (Å²) in [5.41, 5.74) is 0. The molecule has 0 aromatic rings. The van der Waals surface area contributed by atoms with Gasteiger partial charge in [0.15, 0.2) is 0 Å². The van der Waals surface area contributed by atoms with Crippen molar-refractivity contribution in [3.63, 3.8) is 0 Å². The summed E-state index contributed by atoms with van der Waals surface area (Å²) in [6, 6.07) is 0. The van der Waals surface area contributed by atoms with E-state index in [0.29, 0.717) is 6.42 Å². The van der Waals surface area contributed by atoms with Gasteiger partial charge in [-0.1, -0.05) is 31.4 Å². The highest BCUT2D eigenvalue weighted by molar-refractivity contribution is 5.75. The van der Waals surface area contributed by atoms with Crippen molar-refractivity contribution >= 4 is 11.9 Å². The number of aliphatic hydroxyl groups excluding tert-OH is 2. The number of hydrogen-bond acceptors (Lipinski definition) is 5. The lowest BCUT2D eigenvalue weighted by atomic mass is 10.1. The van der Waals surface area contributed by atoms with Gasteiger partial charge in [0.05, 0.1) is 13.2 Å². The molecule has 4 N–H and O–H groups in total. The topological polar surface area (TPSA) is 110 Å². The van der Waals surface area contributed by atoms with E-state index in [9.17, 15) is 14.7 Å². The molecule has 0 aliphatic rings. The van der Waals surface area contributed by atoms with Crippen LogP contribution in [0, 0.1) is 0 Å². The van der Waals surface area contributed by atoms with Crippen molar-refractivity contribution < 1.29 is 24.9 Å². The SMILES string of the molecule is C/C=C/CCCCCCCC(=O)NCCN(CC(=O)O)C(O)CO. The maximum Gasteiger partial charge on any atom is 0.317 e. The van der Waals surface area contributed by atoms with E-state index in [1.54, 1.807) is 0 Å². The molecule has 0 aromatic heterocycles. The largest absolute Gasteiger partial charge is 0.480 e. The Morgan fingerprint density at radius 3 is 2.46 bits per heavy atom. The normalized spacial score (nSPS) is 12.7. The summed E-state index contributed by atoms with van der Waals surface area (Å²) >= 11 is 0. The average Bonchev–Trinajstić information content (AvgIpc) is 2.55. The van der Waals surface area contributed by atoms with Crippen LogP contribution in [0.25, 0.3) is 0 Å². The average molecular weight is 344 g/mol. The van der Waals surface area contributed by atoms with E-state index in [4.69, 9.17) is 10.2 Å². The zero-order valence-corrected chi connectivity index (χ0v) is 14.6. The Bertz CT molecular complexity index is 374. The van der Waals surface area contributed by atoms with Gasteiger partial charge in [-0.3, -0.25) is 14.5 Å². The number of rotatable bonds is 15. The second-order valence-electron chi connectivity index (χ2n) is 5.75. The fourth-order valence-corrected chi connectivity index (χ4v) is 2.29. The van der Waals surface area contributed by atoms with Crippen molar-refractivity contribution in [3.05, 3.63) is 12.2 Å². The van der Waals surface area contributed by atoms with Gasteiger partial charge in [-0.05, 0) is 26.2 Å². The molecule has 1 amide bonds. The summed E-state index contributed by atoms with van der Waals surface area (Å²) in [5, 5.41) is 29.8. The van der Waals surface area contributed by atoms with Crippen molar-refractivity contribution in [2.75, 3.05) is 26.2 Å². The van der Waals surface area contributed by atoms with E-state index in [2.05, 4.69) is 17.5 Å². The molecule has 0 rings (SSSR count). The maximum absolute atomic E-state index is 11.7. The number of hydrogen-bond donors (Lipinski definition) is 4. The summed E-state index contributed by atoms with van der Waals surface area (Å²) < 4.78 is 0. The maximum atomic E-state index is 11.7. The first kappa shape index (κ1) is 22.6. The van der Waals surface area contributed by atoms with Crippen LogP contribution in [0.1, 0.15) is 51.9 Å². The lowest BCUT2D eigenvalue weighted by Crippen LogP contribution is -2.45. The molecule has 0 radical (unpaired) electrons. The van der Waals surface area contributed by atoms with E-state index in [-0.39, 0.29) is 25.5 Å². The van der Waals surface area contributed by atoms with E-state index in [1.807, 2.05) is 6.92 Å². The van der Waals surface area contributed by atoms with Crippen molar-refractivity contribution in [2.45, 2.75) is 58.1 Å². The van der Waals surface area contributed by atoms with Crippen LogP contribution in [0.15, 0.2) is 12.2 Å². The molecular formula is C17H32N2O5. The molecule has 0 aliphatic carbocycles. The Morgan fingerprint density at radius 1 is 1.17 bits per heavy atom. The molecule has 1 atom stereocenters. The number of aliphatic hydroxyl groups is 2. The molecule has 0 heterocycles. The van der Waals surface area contributed by atoms with E-state index in [0.717, 1.165) is 25.7 Å². The van der Waals surface area contributed by atoms with Crippen LogP contribution < -0.4 is 5.32 Å². The third-order valence-corrected chi connectivity index (χ3v) is 3.65. The van der Waals surface area contributed by atoms with Crippen molar-refractivity contribution in [2.24, 2.45) is 0 Å². The van der Waals surface area contributed by atoms with Crippen LogP contribution >= 0.6 is 0 Å². The number of allylic oxidation sites excluding steroid dienone is 2. The second-order valence-corrected chi connectivity index (χ2v) is 5.75. The molecule has 1 unspecified atom stereocenters. The molecular weight excluding hydrogens is 312 g/mol. The highest BCUT2D eigenvalue weighted by Gasteiger charge is 2.17. The molecule has 7 heteroatoms. The highest BCUT2D eigenvalue weighted by Crippen LogP contribution is 2.07. The van der Waals surface area contributed by atoms with Crippen LogP contribution in [0.5, 0.6) is 0 Å². The van der Waals surface area contributed by atoms with Gasteiger partial charge in [0, 0.05) is 19.5 Å². The standard InChI is InChI=1S/C17H32N2O5/c1-2-3-4-5-6-7-8-9-10-15(21)18-11-12-19(13-17(23)24)16(22)14-20/h2-3,16,20,22H,4-14H2,1H3,(H,18,21)(H,23,24)/b3-2+. The van der Waals surface area contributed by atoms with Crippen LogP contribution in [-0.2, 0) is 9.59 Å². The summed E-state index contributed by atoms with van der Waals surface area (Å²) in [4.78, 5) is 23.6. The number of carboxylic acid groups (broad SMARTS) is 1. The molecule has 0 aliphatic heterocycles. The molecule has 0 saturated heterocycles. The first-order valence-electron chi connectivity index (χ1n) is 8.63. The van der Waals surface area contributed by atoms with Crippen molar-refractivity contribution in [1.82, 2.24) is 10.2 Å². The Labute approximate surface area is 144 Å². The monoisotopic (exact) mass is 344 g/mol. The predicted molar refractivity (Wildman–Crippen MR) is 92.4 cm³/mol. The van der Waals surface area contributed by atoms with Crippen molar-refractivity contribution in [1.29, 1.82) is 0 Å². The zero-order valence-electron chi connectivity index (χ0n) is 14.6. The molecule has 0 fully saturated rings. The lowest BCUT2D eigenvalue weighted by molar-refractivity contribution is -0.142. The Balaban J connectivity index is 3.71. The smallest absolute Gasteiger partial charge is 0.317 e. The van der Waals surface area contributed by atoms with E-state index < -0.39 is 18.8 Å². The minimum atomic E-state index is -1.24. The number of nitrogens with one attached hydrogen (secondary N) is 1. The lowest BCUT2D eigenvalue weighted by Gasteiger charge is -2.24. The zero-order chi connectivity index (χ0) is 18.2. The van der Waals surface area contributed by atoms with Crippen molar-refractivity contribution in [3.8, 4) is 0 Å². The Kier molecular flexibility index (Phi) is 14.2. The van der Waals surface area contributed by atoms with Gasteiger partial charge in [-0.25, -0.2) is 0 Å². The number of amides is 1. The molecule has 0 bridgehead atoms. The predicted octanol–water partition coefficient (Wildman–Crippen LogP) is 1.11. The Hall–Kier alpha value is -1.44. The van der Waals surface area contributed by atoms with Crippen LogP contribution in [0.3, 0.4) is 0 Å². The third kappa shape index (κ3) is 13.0. The summed E-state index contributed by atoms with van der Waals surface area (Å²) in [6.45, 7) is 1.50. The summed E-state index contributed by atoms with van der Waals surface area (Å²) in [6.07, 6.45) is 9.90.